The fourth-order valence-corrected chi connectivity index (χ4v) is 1.83. The van der Waals surface area contributed by atoms with Crippen LogP contribution < -0.4 is 14.6 Å². The number of primary sulfonamides is 1. The molecular weight excluding hydrogens is 256 g/mol. The van der Waals surface area contributed by atoms with Gasteiger partial charge in [-0.2, -0.15) is 8.78 Å². The van der Waals surface area contributed by atoms with Crippen LogP contribution in [0.3, 0.4) is 0 Å². The summed E-state index contributed by atoms with van der Waals surface area (Å²) in [5.41, 5.74) is 0. The van der Waals surface area contributed by atoms with Crippen LogP contribution in [0.5, 0.6) is 11.5 Å². The maximum Gasteiger partial charge on any atom is 0.314 e. The van der Waals surface area contributed by atoms with Crippen molar-refractivity contribution in [3.63, 3.8) is 0 Å². The number of fused-ring (bicyclic) bond motifs is 1. The van der Waals surface area contributed by atoms with E-state index in [1.54, 1.807) is 0 Å². The molecule has 0 saturated carbocycles. The fourth-order valence-electron chi connectivity index (χ4n) is 1.31. The molecule has 2 rings (SSSR count). The van der Waals surface area contributed by atoms with Gasteiger partial charge in [-0.3, -0.25) is 0 Å². The summed E-state index contributed by atoms with van der Waals surface area (Å²) >= 11 is 0. The van der Waals surface area contributed by atoms with Crippen molar-refractivity contribution in [1.82, 2.24) is 0 Å². The summed E-state index contributed by atoms with van der Waals surface area (Å²) in [6.45, 7) is -1.68. The lowest BCUT2D eigenvalue weighted by Crippen LogP contribution is -2.30. The zero-order chi connectivity index (χ0) is 12.7. The molecule has 0 aromatic heterocycles. The van der Waals surface area contributed by atoms with E-state index in [1.165, 1.54) is 12.1 Å². The van der Waals surface area contributed by atoms with E-state index in [1.807, 2.05) is 0 Å². The molecule has 1 aromatic rings. The average Bonchev–Trinajstić information content (AvgIpc) is 2.36. The normalized spacial score (nSPS) is 18.5. The molecular formula is C9H9F2NO4S. The summed E-state index contributed by atoms with van der Waals surface area (Å²) in [6, 6.07) is 3.46. The Morgan fingerprint density at radius 3 is 2.35 bits per heavy atom. The molecule has 8 heteroatoms. The largest absolute Gasteiger partial charge is 0.483 e. The number of nitrogens with two attached hydrogens (primary N) is 1. The van der Waals surface area contributed by atoms with Crippen molar-refractivity contribution < 1.29 is 26.7 Å². The number of hydrogen-bond donors (Lipinski definition) is 1. The Hall–Kier alpha value is -1.41. The number of halogens is 2. The van der Waals surface area contributed by atoms with E-state index >= 15 is 0 Å². The molecule has 0 saturated heterocycles. The van der Waals surface area contributed by atoms with Gasteiger partial charge in [0, 0.05) is 6.07 Å². The van der Waals surface area contributed by atoms with Crippen molar-refractivity contribution in [3.8, 4) is 11.5 Å². The summed E-state index contributed by atoms with van der Waals surface area (Å²) in [6.07, 6.45) is 0. The SMILES string of the molecule is NS(=O)(=O)c1ccc2c(c1)OCC(F)(F)CO2. The predicted molar refractivity (Wildman–Crippen MR) is 53.8 cm³/mol. The Labute approximate surface area is 96.2 Å². The first-order valence-corrected chi connectivity index (χ1v) is 6.13. The van der Waals surface area contributed by atoms with Crippen LogP contribution in [-0.2, 0) is 10.0 Å². The van der Waals surface area contributed by atoms with Crippen molar-refractivity contribution in [1.29, 1.82) is 0 Å². The van der Waals surface area contributed by atoms with E-state index in [9.17, 15) is 17.2 Å². The molecule has 1 heterocycles. The minimum atomic E-state index is -3.90. The zero-order valence-electron chi connectivity index (χ0n) is 8.52. The Morgan fingerprint density at radius 1 is 1.18 bits per heavy atom. The van der Waals surface area contributed by atoms with Gasteiger partial charge in [-0.05, 0) is 12.1 Å². The summed E-state index contributed by atoms with van der Waals surface area (Å²) in [4.78, 5) is -0.218. The lowest BCUT2D eigenvalue weighted by molar-refractivity contribution is -0.0622. The molecule has 0 radical (unpaired) electrons. The van der Waals surface area contributed by atoms with Crippen LogP contribution in [-0.4, -0.2) is 27.6 Å². The third-order valence-electron chi connectivity index (χ3n) is 2.12. The van der Waals surface area contributed by atoms with Gasteiger partial charge in [0.2, 0.25) is 10.0 Å². The third kappa shape index (κ3) is 2.64. The average molecular weight is 265 g/mol. The van der Waals surface area contributed by atoms with Crippen LogP contribution in [0, 0.1) is 0 Å². The van der Waals surface area contributed by atoms with Crippen molar-refractivity contribution in [2.75, 3.05) is 13.2 Å². The van der Waals surface area contributed by atoms with E-state index in [4.69, 9.17) is 14.6 Å². The Balaban J connectivity index is 2.39. The number of alkyl halides is 2. The molecule has 1 aliphatic heterocycles. The summed E-state index contributed by atoms with van der Waals surface area (Å²) in [5, 5.41) is 4.91. The highest BCUT2D eigenvalue weighted by atomic mass is 32.2. The second-order valence-corrected chi connectivity index (χ2v) is 5.15. The molecule has 0 fully saturated rings. The Kier molecular flexibility index (Phi) is 2.70. The maximum absolute atomic E-state index is 13.0. The summed E-state index contributed by atoms with van der Waals surface area (Å²) < 4.78 is 57.7. The predicted octanol–water partition coefficient (Wildman–Crippen LogP) is 0.741. The second kappa shape index (κ2) is 3.81. The molecule has 5 nitrogen and oxygen atoms in total. The van der Waals surface area contributed by atoms with Gasteiger partial charge in [-0.15, -0.1) is 0 Å². The van der Waals surface area contributed by atoms with E-state index in [2.05, 4.69) is 0 Å². The highest BCUT2D eigenvalue weighted by Gasteiger charge is 2.34. The molecule has 0 bridgehead atoms. The van der Waals surface area contributed by atoms with Gasteiger partial charge in [-0.25, -0.2) is 13.6 Å². The van der Waals surface area contributed by atoms with Gasteiger partial charge >= 0.3 is 5.92 Å². The lowest BCUT2D eigenvalue weighted by Gasteiger charge is -2.10. The van der Waals surface area contributed by atoms with Crippen molar-refractivity contribution in [2.24, 2.45) is 5.14 Å². The quantitative estimate of drug-likeness (QED) is 0.812. The summed E-state index contributed by atoms with van der Waals surface area (Å²) in [5.74, 6) is -3.11. The van der Waals surface area contributed by atoms with Crippen LogP contribution in [0.15, 0.2) is 23.1 Å². The molecule has 17 heavy (non-hydrogen) atoms. The van der Waals surface area contributed by atoms with Crippen molar-refractivity contribution in [2.45, 2.75) is 10.8 Å². The number of sulfonamides is 1. The highest BCUT2D eigenvalue weighted by Crippen LogP contribution is 2.34. The molecule has 0 aliphatic carbocycles. The number of ether oxygens (including phenoxy) is 2. The van der Waals surface area contributed by atoms with E-state index in [-0.39, 0.29) is 16.4 Å². The first kappa shape index (κ1) is 12.1. The van der Waals surface area contributed by atoms with Crippen molar-refractivity contribution >= 4 is 10.0 Å². The molecule has 0 unspecified atom stereocenters. The number of hydrogen-bond acceptors (Lipinski definition) is 4. The van der Waals surface area contributed by atoms with Crippen LogP contribution in [0.25, 0.3) is 0 Å². The standard InChI is InChI=1S/C9H9F2NO4S/c10-9(11)4-15-7-2-1-6(17(12,13)14)3-8(7)16-5-9/h1-3H,4-5H2,(H2,12,13,14). The minimum Gasteiger partial charge on any atom is -0.483 e. The van der Waals surface area contributed by atoms with Gasteiger partial charge in [0.15, 0.2) is 24.7 Å². The second-order valence-electron chi connectivity index (χ2n) is 3.59. The lowest BCUT2D eigenvalue weighted by atomic mass is 10.3. The van der Waals surface area contributed by atoms with Gasteiger partial charge in [-0.1, -0.05) is 0 Å². The van der Waals surface area contributed by atoms with E-state index in [0.29, 0.717) is 0 Å². The Morgan fingerprint density at radius 2 is 1.76 bits per heavy atom. The Bertz CT molecular complexity index is 544. The molecule has 0 atom stereocenters. The first-order valence-electron chi connectivity index (χ1n) is 4.58. The topological polar surface area (TPSA) is 78.6 Å². The zero-order valence-corrected chi connectivity index (χ0v) is 9.34. The van der Waals surface area contributed by atoms with Crippen LogP contribution in [0.2, 0.25) is 0 Å². The van der Waals surface area contributed by atoms with E-state index in [0.717, 1.165) is 6.07 Å². The molecule has 94 valence electrons. The van der Waals surface area contributed by atoms with Crippen molar-refractivity contribution in [3.05, 3.63) is 18.2 Å². The van der Waals surface area contributed by atoms with Gasteiger partial charge in [0.25, 0.3) is 0 Å². The fraction of sp³-hybridized carbons (Fsp3) is 0.333. The molecule has 2 N–H and O–H groups in total. The maximum atomic E-state index is 13.0. The minimum absolute atomic E-state index is 0.0614. The monoisotopic (exact) mass is 265 g/mol. The first-order chi connectivity index (χ1) is 7.78. The van der Waals surface area contributed by atoms with Gasteiger partial charge < -0.3 is 9.47 Å². The van der Waals surface area contributed by atoms with E-state index < -0.39 is 29.2 Å². The van der Waals surface area contributed by atoms with Gasteiger partial charge in [0.1, 0.15) is 0 Å². The molecule has 0 spiro atoms. The van der Waals surface area contributed by atoms with Crippen LogP contribution in [0.4, 0.5) is 8.78 Å². The smallest absolute Gasteiger partial charge is 0.314 e. The van der Waals surface area contributed by atoms with Crippen LogP contribution >= 0.6 is 0 Å². The number of benzene rings is 1. The molecule has 1 aromatic carbocycles. The molecule has 1 aliphatic rings. The molecule has 0 amide bonds. The highest BCUT2D eigenvalue weighted by molar-refractivity contribution is 7.89. The third-order valence-corrected chi connectivity index (χ3v) is 3.03. The van der Waals surface area contributed by atoms with Crippen LogP contribution in [0.1, 0.15) is 0 Å². The van der Waals surface area contributed by atoms with Gasteiger partial charge in [0.05, 0.1) is 4.90 Å². The number of rotatable bonds is 1. The summed E-state index contributed by atoms with van der Waals surface area (Å²) in [7, 11) is -3.90.